The monoisotopic (exact) mass is 310 g/mol. The Hall–Kier alpha value is -1.55. The Morgan fingerprint density at radius 2 is 1.78 bits per heavy atom. The summed E-state index contributed by atoms with van der Waals surface area (Å²) in [6.07, 6.45) is 0. The molecule has 0 radical (unpaired) electrons. The quantitative estimate of drug-likeness (QED) is 0.757. The van der Waals surface area contributed by atoms with Gasteiger partial charge in [0.05, 0.1) is 5.56 Å². The molecule has 0 saturated heterocycles. The van der Waals surface area contributed by atoms with Crippen molar-refractivity contribution in [3.63, 3.8) is 0 Å². The van der Waals surface area contributed by atoms with Crippen LogP contribution in [0, 0.1) is 18.6 Å². The number of ketones is 1. The molecule has 0 saturated carbocycles. The zero-order valence-corrected chi connectivity index (χ0v) is 11.1. The van der Waals surface area contributed by atoms with Crippen molar-refractivity contribution in [2.45, 2.75) is 6.92 Å². The molecule has 92 valence electrons. The second-order valence-corrected chi connectivity index (χ2v) is 4.72. The number of benzene rings is 2. The highest BCUT2D eigenvalue weighted by molar-refractivity contribution is 9.10. The number of halogens is 3. The highest BCUT2D eigenvalue weighted by Gasteiger charge is 2.21. The van der Waals surface area contributed by atoms with Crippen LogP contribution in [0.15, 0.2) is 40.9 Å². The lowest BCUT2D eigenvalue weighted by molar-refractivity contribution is 0.103. The van der Waals surface area contributed by atoms with Gasteiger partial charge in [0, 0.05) is 10.0 Å². The van der Waals surface area contributed by atoms with E-state index in [9.17, 15) is 13.6 Å². The van der Waals surface area contributed by atoms with Crippen molar-refractivity contribution < 1.29 is 13.6 Å². The first-order valence-electron chi connectivity index (χ1n) is 5.26. The van der Waals surface area contributed by atoms with Gasteiger partial charge in [-0.15, -0.1) is 0 Å². The number of carbonyl (C=O) groups excluding carboxylic acids is 1. The van der Waals surface area contributed by atoms with E-state index in [4.69, 9.17) is 0 Å². The summed E-state index contributed by atoms with van der Waals surface area (Å²) in [5.74, 6) is -2.32. The molecule has 0 aliphatic carbocycles. The second-order valence-electron chi connectivity index (χ2n) is 3.86. The summed E-state index contributed by atoms with van der Waals surface area (Å²) in [7, 11) is 0. The summed E-state index contributed by atoms with van der Waals surface area (Å²) in [6.45, 7) is 1.49. The van der Waals surface area contributed by atoms with Crippen molar-refractivity contribution in [3.8, 4) is 0 Å². The first-order chi connectivity index (χ1) is 8.52. The molecule has 0 N–H and O–H groups in total. The Labute approximate surface area is 112 Å². The molecule has 0 unspecified atom stereocenters. The van der Waals surface area contributed by atoms with Gasteiger partial charge in [0.15, 0.2) is 5.78 Å². The van der Waals surface area contributed by atoms with Crippen molar-refractivity contribution in [3.05, 3.63) is 69.2 Å². The summed E-state index contributed by atoms with van der Waals surface area (Å²) in [5.41, 5.74) is -0.0328. The average Bonchev–Trinajstić information content (AvgIpc) is 2.35. The molecule has 2 rings (SSSR count). The molecule has 0 aromatic heterocycles. The Morgan fingerprint density at radius 3 is 2.44 bits per heavy atom. The van der Waals surface area contributed by atoms with E-state index >= 15 is 0 Å². The van der Waals surface area contributed by atoms with Gasteiger partial charge < -0.3 is 0 Å². The molecule has 0 aliphatic rings. The minimum absolute atomic E-state index is 0.237. The van der Waals surface area contributed by atoms with E-state index in [2.05, 4.69) is 15.9 Å². The Kier molecular flexibility index (Phi) is 3.57. The zero-order valence-electron chi connectivity index (χ0n) is 9.51. The van der Waals surface area contributed by atoms with E-state index in [1.54, 1.807) is 18.2 Å². The molecule has 2 aromatic carbocycles. The highest BCUT2D eigenvalue weighted by Crippen LogP contribution is 2.24. The van der Waals surface area contributed by atoms with Gasteiger partial charge in [-0.2, -0.15) is 0 Å². The Bertz CT molecular complexity index is 623. The van der Waals surface area contributed by atoms with Crippen LogP contribution in [-0.4, -0.2) is 5.78 Å². The molecule has 2 aromatic rings. The van der Waals surface area contributed by atoms with Gasteiger partial charge in [-0.1, -0.05) is 34.1 Å². The van der Waals surface area contributed by atoms with E-state index < -0.39 is 23.0 Å². The molecule has 0 atom stereocenters. The van der Waals surface area contributed by atoms with E-state index in [0.29, 0.717) is 4.47 Å². The number of rotatable bonds is 2. The van der Waals surface area contributed by atoms with Gasteiger partial charge in [-0.25, -0.2) is 8.78 Å². The normalized spacial score (nSPS) is 10.4. The minimum atomic E-state index is -0.848. The topological polar surface area (TPSA) is 17.1 Å². The van der Waals surface area contributed by atoms with Crippen LogP contribution in [0.25, 0.3) is 0 Å². The lowest BCUT2D eigenvalue weighted by Gasteiger charge is -2.07. The van der Waals surface area contributed by atoms with Crippen LogP contribution in [0.2, 0.25) is 0 Å². The predicted octanol–water partition coefficient (Wildman–Crippen LogP) is 4.27. The number of aryl methyl sites for hydroxylation is 1. The maximum Gasteiger partial charge on any atom is 0.200 e. The van der Waals surface area contributed by atoms with Crippen molar-refractivity contribution in [1.29, 1.82) is 0 Å². The smallest absolute Gasteiger partial charge is 0.200 e. The molecule has 0 aliphatic heterocycles. The summed E-state index contributed by atoms with van der Waals surface area (Å²) in [5, 5.41) is 0. The van der Waals surface area contributed by atoms with Crippen LogP contribution < -0.4 is 0 Å². The molecule has 0 amide bonds. The fraction of sp³-hybridized carbons (Fsp3) is 0.0714. The predicted molar refractivity (Wildman–Crippen MR) is 68.7 cm³/mol. The van der Waals surface area contributed by atoms with Crippen LogP contribution in [0.1, 0.15) is 21.5 Å². The van der Waals surface area contributed by atoms with E-state index in [1.165, 1.54) is 19.1 Å². The van der Waals surface area contributed by atoms with E-state index in [0.717, 1.165) is 6.07 Å². The fourth-order valence-electron chi connectivity index (χ4n) is 1.64. The Morgan fingerprint density at radius 1 is 1.11 bits per heavy atom. The third-order valence-electron chi connectivity index (χ3n) is 2.63. The van der Waals surface area contributed by atoms with Crippen LogP contribution in [0.4, 0.5) is 8.78 Å². The third kappa shape index (κ3) is 2.20. The molecule has 0 bridgehead atoms. The van der Waals surface area contributed by atoms with Crippen molar-refractivity contribution in [2.24, 2.45) is 0 Å². The van der Waals surface area contributed by atoms with Crippen LogP contribution in [0.3, 0.4) is 0 Å². The summed E-state index contributed by atoms with van der Waals surface area (Å²) in [4.78, 5) is 12.2. The average molecular weight is 311 g/mol. The van der Waals surface area contributed by atoms with Gasteiger partial charge in [0.25, 0.3) is 0 Å². The molecule has 0 heterocycles. The largest absolute Gasteiger partial charge is 0.288 e. The van der Waals surface area contributed by atoms with Gasteiger partial charge in [0.1, 0.15) is 11.6 Å². The molecule has 0 spiro atoms. The SMILES string of the molecule is Cc1ccc(F)c(C(=O)c2ccccc2Br)c1F. The van der Waals surface area contributed by atoms with Crippen molar-refractivity contribution in [2.75, 3.05) is 0 Å². The van der Waals surface area contributed by atoms with Gasteiger partial charge in [0.2, 0.25) is 0 Å². The van der Waals surface area contributed by atoms with Gasteiger partial charge in [-0.05, 0) is 30.7 Å². The molecule has 1 nitrogen and oxygen atoms in total. The van der Waals surface area contributed by atoms with Crippen LogP contribution >= 0.6 is 15.9 Å². The van der Waals surface area contributed by atoms with Crippen molar-refractivity contribution >= 4 is 21.7 Å². The molecular weight excluding hydrogens is 302 g/mol. The molecule has 18 heavy (non-hydrogen) atoms. The maximum absolute atomic E-state index is 13.9. The van der Waals surface area contributed by atoms with Crippen LogP contribution in [0.5, 0.6) is 0 Å². The lowest BCUT2D eigenvalue weighted by atomic mass is 10.0. The van der Waals surface area contributed by atoms with Gasteiger partial charge >= 0.3 is 0 Å². The lowest BCUT2D eigenvalue weighted by Crippen LogP contribution is -2.09. The summed E-state index contributed by atoms with van der Waals surface area (Å²) >= 11 is 3.20. The number of hydrogen-bond acceptors (Lipinski definition) is 1. The van der Waals surface area contributed by atoms with E-state index in [1.807, 2.05) is 0 Å². The van der Waals surface area contributed by atoms with E-state index in [-0.39, 0.29) is 11.1 Å². The van der Waals surface area contributed by atoms with Crippen LogP contribution in [-0.2, 0) is 0 Å². The van der Waals surface area contributed by atoms with Crippen molar-refractivity contribution in [1.82, 2.24) is 0 Å². The first-order valence-corrected chi connectivity index (χ1v) is 6.05. The highest BCUT2D eigenvalue weighted by atomic mass is 79.9. The fourth-order valence-corrected chi connectivity index (χ4v) is 2.11. The number of carbonyl (C=O) groups is 1. The standard InChI is InChI=1S/C14H9BrF2O/c1-8-6-7-11(16)12(13(8)17)14(18)9-4-2-3-5-10(9)15/h2-7H,1H3. The Balaban J connectivity index is 2.61. The van der Waals surface area contributed by atoms with Gasteiger partial charge in [-0.3, -0.25) is 4.79 Å². The molecule has 0 fully saturated rings. The second kappa shape index (κ2) is 4.98. The summed E-state index contributed by atoms with van der Waals surface area (Å²) < 4.78 is 28.0. The zero-order chi connectivity index (χ0) is 13.3. The molecule has 4 heteroatoms. The number of hydrogen-bond donors (Lipinski definition) is 0. The minimum Gasteiger partial charge on any atom is -0.288 e. The molecular formula is C14H9BrF2O. The maximum atomic E-state index is 13.9. The first kappa shape index (κ1) is 12.9. The third-order valence-corrected chi connectivity index (χ3v) is 3.32. The summed E-state index contributed by atoms with van der Waals surface area (Å²) in [6, 6.07) is 8.95.